The van der Waals surface area contributed by atoms with Crippen molar-refractivity contribution in [3.63, 3.8) is 0 Å². The van der Waals surface area contributed by atoms with E-state index < -0.39 is 0 Å². The zero-order chi connectivity index (χ0) is 13.3. The molecule has 0 radical (unpaired) electrons. The van der Waals surface area contributed by atoms with Gasteiger partial charge in [0.15, 0.2) is 0 Å². The summed E-state index contributed by atoms with van der Waals surface area (Å²) in [5.41, 5.74) is 1.18. The van der Waals surface area contributed by atoms with Gasteiger partial charge in [-0.05, 0) is 39.0 Å². The molecule has 0 atom stereocenters. The summed E-state index contributed by atoms with van der Waals surface area (Å²) in [6.45, 7) is 0.701. The molecule has 0 saturated heterocycles. The van der Waals surface area contributed by atoms with Crippen LogP contribution in [0.25, 0.3) is 0 Å². The van der Waals surface area contributed by atoms with E-state index in [0.29, 0.717) is 22.4 Å². The van der Waals surface area contributed by atoms with Gasteiger partial charge in [0.25, 0.3) is 0 Å². The van der Waals surface area contributed by atoms with Crippen molar-refractivity contribution < 1.29 is 0 Å². The first-order valence-corrected chi connectivity index (χ1v) is 7.73. The highest BCUT2D eigenvalue weighted by Gasteiger charge is 2.12. The molecule has 0 bridgehead atoms. The fourth-order valence-electron chi connectivity index (χ4n) is 1.48. The van der Waals surface area contributed by atoms with Crippen molar-refractivity contribution >= 4 is 67.9 Å². The molecule has 0 aliphatic heterocycles. The zero-order valence-corrected chi connectivity index (χ0v) is 13.9. The Balaban J connectivity index is 2.23. The van der Waals surface area contributed by atoms with Gasteiger partial charge < -0.3 is 4.90 Å². The Morgan fingerprint density at radius 2 is 2.00 bits per heavy atom. The molecule has 0 saturated carbocycles. The SMILES string of the molecule is CN(Cc1csc(Br)c1)c1nc(Cl)c(Cl)cc1Cl. The lowest BCUT2D eigenvalue weighted by molar-refractivity contribution is 0.902. The Morgan fingerprint density at radius 1 is 1.28 bits per heavy atom. The number of hydrogen-bond donors (Lipinski definition) is 0. The number of anilines is 1. The monoisotopic (exact) mass is 384 g/mol. The van der Waals surface area contributed by atoms with E-state index in [4.69, 9.17) is 34.8 Å². The van der Waals surface area contributed by atoms with Crippen molar-refractivity contribution in [3.05, 3.63) is 42.1 Å². The maximum atomic E-state index is 6.11. The Labute approximate surface area is 133 Å². The number of halogens is 4. The van der Waals surface area contributed by atoms with Gasteiger partial charge in [0.2, 0.25) is 0 Å². The number of hydrogen-bond acceptors (Lipinski definition) is 3. The fourth-order valence-corrected chi connectivity index (χ4v) is 3.32. The molecule has 2 heterocycles. The van der Waals surface area contributed by atoms with Crippen LogP contribution >= 0.6 is 62.1 Å². The van der Waals surface area contributed by atoms with Gasteiger partial charge >= 0.3 is 0 Å². The highest BCUT2D eigenvalue weighted by Crippen LogP contribution is 2.31. The van der Waals surface area contributed by atoms with Crippen LogP contribution in [0.3, 0.4) is 0 Å². The third-order valence-electron chi connectivity index (χ3n) is 2.27. The largest absolute Gasteiger partial charge is 0.354 e. The smallest absolute Gasteiger partial charge is 0.150 e. The van der Waals surface area contributed by atoms with Crippen molar-refractivity contribution in [1.29, 1.82) is 0 Å². The van der Waals surface area contributed by atoms with E-state index in [2.05, 4.69) is 32.4 Å². The van der Waals surface area contributed by atoms with E-state index in [9.17, 15) is 0 Å². The Hall–Kier alpha value is -0.000000000000000111. The fraction of sp³-hybridized carbons (Fsp3) is 0.182. The summed E-state index contributed by atoms with van der Waals surface area (Å²) in [7, 11) is 1.91. The molecule has 0 aromatic carbocycles. The van der Waals surface area contributed by atoms with Crippen LogP contribution in [-0.4, -0.2) is 12.0 Å². The standard InChI is InChI=1S/C11H8BrCl3N2S/c1-17(4-6-2-9(12)18-5-6)11-8(14)3-7(13)10(15)16-11/h2-3,5H,4H2,1H3. The summed E-state index contributed by atoms with van der Waals surface area (Å²) in [4.78, 5) is 6.12. The number of thiophene rings is 1. The van der Waals surface area contributed by atoms with Gasteiger partial charge in [-0.15, -0.1) is 11.3 Å². The highest BCUT2D eigenvalue weighted by molar-refractivity contribution is 9.11. The molecule has 2 aromatic rings. The van der Waals surface area contributed by atoms with Gasteiger partial charge in [-0.25, -0.2) is 4.98 Å². The quantitative estimate of drug-likeness (QED) is 0.647. The van der Waals surface area contributed by atoms with Gasteiger partial charge in [-0.1, -0.05) is 34.8 Å². The molecule has 0 fully saturated rings. The molecular weight excluding hydrogens is 378 g/mol. The van der Waals surface area contributed by atoms with Crippen LogP contribution in [0.1, 0.15) is 5.56 Å². The molecule has 0 unspecified atom stereocenters. The molecule has 0 spiro atoms. The van der Waals surface area contributed by atoms with E-state index in [1.165, 1.54) is 5.56 Å². The van der Waals surface area contributed by atoms with Crippen molar-refractivity contribution in [3.8, 4) is 0 Å². The van der Waals surface area contributed by atoms with Gasteiger partial charge in [0.05, 0.1) is 13.8 Å². The Kier molecular flexibility index (Phi) is 4.78. The Morgan fingerprint density at radius 3 is 2.61 bits per heavy atom. The second-order valence-corrected chi connectivity index (χ2v) is 7.14. The van der Waals surface area contributed by atoms with Crippen LogP contribution < -0.4 is 4.90 Å². The van der Waals surface area contributed by atoms with Gasteiger partial charge in [0, 0.05) is 13.6 Å². The molecule has 96 valence electrons. The molecule has 18 heavy (non-hydrogen) atoms. The number of rotatable bonds is 3. The van der Waals surface area contributed by atoms with E-state index in [1.54, 1.807) is 17.4 Å². The second-order valence-electron chi connectivity index (χ2n) is 3.68. The topological polar surface area (TPSA) is 16.1 Å². The molecule has 7 heteroatoms. The van der Waals surface area contributed by atoms with Crippen molar-refractivity contribution in [1.82, 2.24) is 4.98 Å². The first-order chi connectivity index (χ1) is 8.47. The predicted molar refractivity (Wildman–Crippen MR) is 83.4 cm³/mol. The Bertz CT molecular complexity index is 573. The van der Waals surface area contributed by atoms with Crippen LogP contribution in [0.2, 0.25) is 15.2 Å². The molecule has 2 aromatic heterocycles. The van der Waals surface area contributed by atoms with Crippen molar-refractivity contribution in [2.45, 2.75) is 6.54 Å². The maximum absolute atomic E-state index is 6.11. The average molecular weight is 387 g/mol. The predicted octanol–water partition coefficient (Wildman–Crippen LogP) is 5.50. The van der Waals surface area contributed by atoms with E-state index in [-0.39, 0.29) is 5.15 Å². The molecule has 0 amide bonds. The van der Waals surface area contributed by atoms with E-state index >= 15 is 0 Å². The van der Waals surface area contributed by atoms with E-state index in [1.807, 2.05) is 11.9 Å². The zero-order valence-electron chi connectivity index (χ0n) is 9.25. The number of nitrogens with zero attached hydrogens (tertiary/aromatic N) is 2. The second kappa shape index (κ2) is 5.97. The number of aromatic nitrogens is 1. The summed E-state index contributed by atoms with van der Waals surface area (Å²) in [6.07, 6.45) is 0. The maximum Gasteiger partial charge on any atom is 0.150 e. The van der Waals surface area contributed by atoms with Crippen LogP contribution in [0.5, 0.6) is 0 Å². The molecule has 0 N–H and O–H groups in total. The molecule has 2 nitrogen and oxygen atoms in total. The third kappa shape index (κ3) is 3.31. The minimum atomic E-state index is 0.259. The van der Waals surface area contributed by atoms with Crippen molar-refractivity contribution in [2.24, 2.45) is 0 Å². The summed E-state index contributed by atoms with van der Waals surface area (Å²) in [5, 5.41) is 3.18. The molecule has 2 rings (SSSR count). The molecular formula is C11H8BrCl3N2S. The minimum Gasteiger partial charge on any atom is -0.354 e. The molecule has 0 aliphatic carbocycles. The van der Waals surface area contributed by atoms with Gasteiger partial charge in [-0.3, -0.25) is 0 Å². The van der Waals surface area contributed by atoms with Crippen LogP contribution in [0, 0.1) is 0 Å². The van der Waals surface area contributed by atoms with Gasteiger partial charge in [0.1, 0.15) is 11.0 Å². The highest BCUT2D eigenvalue weighted by atomic mass is 79.9. The summed E-state index contributed by atoms with van der Waals surface area (Å²) in [5.74, 6) is 0.619. The lowest BCUT2D eigenvalue weighted by Gasteiger charge is -2.19. The normalized spacial score (nSPS) is 10.7. The average Bonchev–Trinajstić information content (AvgIpc) is 2.69. The third-order valence-corrected chi connectivity index (χ3v) is 4.78. The lowest BCUT2D eigenvalue weighted by Crippen LogP contribution is -2.17. The first kappa shape index (κ1) is 14.4. The molecule has 0 aliphatic rings. The van der Waals surface area contributed by atoms with Crippen LogP contribution in [-0.2, 0) is 6.54 Å². The van der Waals surface area contributed by atoms with Crippen LogP contribution in [0.15, 0.2) is 21.3 Å². The first-order valence-electron chi connectivity index (χ1n) is 4.93. The number of pyridine rings is 1. The lowest BCUT2D eigenvalue weighted by atomic mass is 10.3. The van der Waals surface area contributed by atoms with Gasteiger partial charge in [-0.2, -0.15) is 0 Å². The minimum absolute atomic E-state index is 0.259. The summed E-state index contributed by atoms with van der Waals surface area (Å²) in [6, 6.07) is 3.67. The summed E-state index contributed by atoms with van der Waals surface area (Å²) >= 11 is 22.9. The van der Waals surface area contributed by atoms with Crippen LogP contribution in [0.4, 0.5) is 5.82 Å². The van der Waals surface area contributed by atoms with Crippen molar-refractivity contribution in [2.75, 3.05) is 11.9 Å². The van der Waals surface area contributed by atoms with E-state index in [0.717, 1.165) is 3.79 Å². The summed E-state index contributed by atoms with van der Waals surface area (Å²) < 4.78 is 1.10.